The second kappa shape index (κ2) is 8.71. The standard InChI is InChI=1S/C27H26N2O3/c1-27(2)17-20-13-14-22(32-3)15-23(20)24(29-27)16-25(30)18-9-11-19(12-10-18)26(31)28-21-7-5-4-6-8-21/h4-16,29H,17H2,1-3H3,(H,28,31)/b24-16-. The lowest BCUT2D eigenvalue weighted by Crippen LogP contribution is -2.43. The van der Waals surface area contributed by atoms with Crippen molar-refractivity contribution < 1.29 is 14.3 Å². The van der Waals surface area contributed by atoms with Gasteiger partial charge in [-0.2, -0.15) is 0 Å². The zero-order valence-electron chi connectivity index (χ0n) is 18.4. The molecule has 0 aromatic heterocycles. The molecule has 0 spiro atoms. The van der Waals surface area contributed by atoms with E-state index in [0.29, 0.717) is 11.1 Å². The highest BCUT2D eigenvalue weighted by molar-refractivity contribution is 6.10. The van der Waals surface area contributed by atoms with Crippen molar-refractivity contribution in [3.8, 4) is 5.75 Å². The molecule has 32 heavy (non-hydrogen) atoms. The van der Waals surface area contributed by atoms with E-state index < -0.39 is 0 Å². The van der Waals surface area contributed by atoms with Gasteiger partial charge in [0.2, 0.25) is 0 Å². The van der Waals surface area contributed by atoms with E-state index in [4.69, 9.17) is 4.74 Å². The molecule has 0 fully saturated rings. The van der Waals surface area contributed by atoms with Crippen LogP contribution in [0.25, 0.3) is 5.70 Å². The van der Waals surface area contributed by atoms with Crippen LogP contribution in [-0.4, -0.2) is 24.3 Å². The topological polar surface area (TPSA) is 67.4 Å². The molecule has 5 nitrogen and oxygen atoms in total. The molecule has 2 N–H and O–H groups in total. The van der Waals surface area contributed by atoms with Crippen LogP contribution in [0.15, 0.2) is 78.9 Å². The van der Waals surface area contributed by atoms with Gasteiger partial charge in [0.1, 0.15) is 5.75 Å². The fourth-order valence-corrected chi connectivity index (χ4v) is 3.88. The van der Waals surface area contributed by atoms with Gasteiger partial charge in [-0.05, 0) is 62.2 Å². The van der Waals surface area contributed by atoms with Gasteiger partial charge in [0.05, 0.1) is 7.11 Å². The fourth-order valence-electron chi connectivity index (χ4n) is 3.88. The third kappa shape index (κ3) is 4.72. The van der Waals surface area contributed by atoms with Crippen LogP contribution in [0.3, 0.4) is 0 Å². The summed E-state index contributed by atoms with van der Waals surface area (Å²) in [4.78, 5) is 25.5. The van der Waals surface area contributed by atoms with Gasteiger partial charge in [-0.15, -0.1) is 0 Å². The van der Waals surface area contributed by atoms with Crippen molar-refractivity contribution in [3.63, 3.8) is 0 Å². The summed E-state index contributed by atoms with van der Waals surface area (Å²) in [5.74, 6) is 0.400. The molecule has 0 aliphatic carbocycles. The Hall–Kier alpha value is -3.86. The number of ether oxygens (including phenoxy) is 1. The second-order valence-electron chi connectivity index (χ2n) is 8.53. The highest BCUT2D eigenvalue weighted by Gasteiger charge is 2.28. The van der Waals surface area contributed by atoms with Crippen molar-refractivity contribution in [2.75, 3.05) is 12.4 Å². The average molecular weight is 427 g/mol. The molecule has 1 heterocycles. The van der Waals surface area contributed by atoms with Crippen LogP contribution in [0, 0.1) is 0 Å². The van der Waals surface area contributed by atoms with Crippen LogP contribution in [0.5, 0.6) is 5.75 Å². The zero-order chi connectivity index (χ0) is 22.7. The summed E-state index contributed by atoms with van der Waals surface area (Å²) in [6.45, 7) is 4.22. The number of nitrogens with one attached hydrogen (secondary N) is 2. The van der Waals surface area contributed by atoms with Crippen LogP contribution in [0.2, 0.25) is 0 Å². The Morgan fingerprint density at radius 2 is 1.66 bits per heavy atom. The van der Waals surface area contributed by atoms with Crippen LogP contribution in [-0.2, 0) is 6.42 Å². The average Bonchev–Trinajstić information content (AvgIpc) is 2.79. The number of carbonyl (C=O) groups excluding carboxylic acids is 2. The van der Waals surface area contributed by atoms with Gasteiger partial charge in [-0.1, -0.05) is 36.4 Å². The summed E-state index contributed by atoms with van der Waals surface area (Å²) in [6.07, 6.45) is 2.47. The Bertz CT molecular complexity index is 1180. The third-order valence-corrected chi connectivity index (χ3v) is 5.45. The number of hydrogen-bond donors (Lipinski definition) is 2. The van der Waals surface area contributed by atoms with E-state index >= 15 is 0 Å². The Balaban J connectivity index is 1.56. The highest BCUT2D eigenvalue weighted by atomic mass is 16.5. The number of allylic oxidation sites excluding steroid dienone is 1. The number of amides is 1. The molecule has 4 rings (SSSR count). The summed E-state index contributed by atoms with van der Waals surface area (Å²) in [7, 11) is 1.63. The Kier molecular flexibility index (Phi) is 5.82. The monoisotopic (exact) mass is 426 g/mol. The van der Waals surface area contributed by atoms with Gasteiger partial charge >= 0.3 is 0 Å². The number of fused-ring (bicyclic) bond motifs is 1. The first-order chi connectivity index (χ1) is 15.3. The summed E-state index contributed by atoms with van der Waals surface area (Å²) in [5, 5.41) is 6.32. The third-order valence-electron chi connectivity index (χ3n) is 5.45. The molecule has 162 valence electrons. The molecular weight excluding hydrogens is 400 g/mol. The highest BCUT2D eigenvalue weighted by Crippen LogP contribution is 2.32. The second-order valence-corrected chi connectivity index (χ2v) is 8.53. The molecule has 1 aliphatic rings. The van der Waals surface area contributed by atoms with Crippen molar-refractivity contribution in [1.82, 2.24) is 5.32 Å². The predicted octanol–water partition coefficient (Wildman–Crippen LogP) is 5.10. The lowest BCUT2D eigenvalue weighted by atomic mass is 9.85. The fraction of sp³-hybridized carbons (Fsp3) is 0.185. The molecule has 5 heteroatoms. The predicted molar refractivity (Wildman–Crippen MR) is 127 cm³/mol. The maximum atomic E-state index is 13.0. The van der Waals surface area contributed by atoms with Crippen molar-refractivity contribution in [1.29, 1.82) is 0 Å². The van der Waals surface area contributed by atoms with E-state index in [-0.39, 0.29) is 17.2 Å². The summed E-state index contributed by atoms with van der Waals surface area (Å²) in [5.41, 5.74) is 4.46. The number of para-hydroxylation sites is 1. The first kappa shape index (κ1) is 21.4. The molecule has 3 aromatic rings. The van der Waals surface area contributed by atoms with E-state index in [9.17, 15) is 9.59 Å². The van der Waals surface area contributed by atoms with E-state index in [1.165, 1.54) is 5.56 Å². The maximum absolute atomic E-state index is 13.0. The molecule has 3 aromatic carbocycles. The van der Waals surface area contributed by atoms with E-state index in [2.05, 4.69) is 30.5 Å². The molecule has 0 atom stereocenters. The molecule has 0 unspecified atom stereocenters. The minimum absolute atomic E-state index is 0.131. The maximum Gasteiger partial charge on any atom is 0.255 e. The molecular formula is C27H26N2O3. The number of anilines is 1. The normalized spacial score (nSPS) is 15.4. The lowest BCUT2D eigenvalue weighted by molar-refractivity contribution is 0.102. The van der Waals surface area contributed by atoms with Gasteiger partial charge < -0.3 is 15.4 Å². The van der Waals surface area contributed by atoms with Crippen LogP contribution < -0.4 is 15.4 Å². The quantitative estimate of drug-likeness (QED) is 0.440. The smallest absolute Gasteiger partial charge is 0.255 e. The summed E-state index contributed by atoms with van der Waals surface area (Å²) < 4.78 is 5.37. The molecule has 1 amide bonds. The van der Waals surface area contributed by atoms with Crippen LogP contribution in [0.4, 0.5) is 5.69 Å². The number of benzene rings is 3. The number of carbonyl (C=O) groups is 2. The van der Waals surface area contributed by atoms with Gasteiger partial charge in [-0.3, -0.25) is 9.59 Å². The first-order valence-electron chi connectivity index (χ1n) is 10.5. The summed E-state index contributed by atoms with van der Waals surface area (Å²) in [6, 6.07) is 21.9. The van der Waals surface area contributed by atoms with Gasteiger partial charge in [0, 0.05) is 39.7 Å². The molecule has 0 bridgehead atoms. The Morgan fingerprint density at radius 3 is 2.34 bits per heavy atom. The van der Waals surface area contributed by atoms with Crippen LogP contribution in [0.1, 0.15) is 45.7 Å². The van der Waals surface area contributed by atoms with Gasteiger partial charge in [0.15, 0.2) is 5.78 Å². The molecule has 0 saturated heterocycles. The number of ketones is 1. The van der Waals surface area contributed by atoms with Crippen molar-refractivity contribution in [2.45, 2.75) is 25.8 Å². The van der Waals surface area contributed by atoms with E-state index in [0.717, 1.165) is 29.1 Å². The van der Waals surface area contributed by atoms with Crippen molar-refractivity contribution >= 4 is 23.1 Å². The molecule has 1 aliphatic heterocycles. The minimum Gasteiger partial charge on any atom is -0.497 e. The molecule has 0 radical (unpaired) electrons. The molecule has 0 saturated carbocycles. The van der Waals surface area contributed by atoms with Crippen molar-refractivity contribution in [3.05, 3.63) is 101 Å². The van der Waals surface area contributed by atoms with Crippen LogP contribution >= 0.6 is 0 Å². The van der Waals surface area contributed by atoms with E-state index in [1.807, 2.05) is 42.5 Å². The number of hydrogen-bond acceptors (Lipinski definition) is 4. The van der Waals surface area contributed by atoms with Gasteiger partial charge in [0.25, 0.3) is 5.91 Å². The SMILES string of the molecule is COc1ccc2c(c1)/C(=C/C(=O)c1ccc(C(=O)Nc3ccccc3)cc1)NC(C)(C)C2. The van der Waals surface area contributed by atoms with Gasteiger partial charge in [-0.25, -0.2) is 0 Å². The van der Waals surface area contributed by atoms with Crippen molar-refractivity contribution in [2.24, 2.45) is 0 Å². The zero-order valence-corrected chi connectivity index (χ0v) is 18.4. The lowest BCUT2D eigenvalue weighted by Gasteiger charge is -2.35. The Morgan fingerprint density at radius 1 is 0.969 bits per heavy atom. The summed E-state index contributed by atoms with van der Waals surface area (Å²) >= 11 is 0. The minimum atomic E-state index is -0.217. The number of rotatable bonds is 5. The largest absolute Gasteiger partial charge is 0.497 e. The Labute approximate surface area is 188 Å². The van der Waals surface area contributed by atoms with E-state index in [1.54, 1.807) is 37.5 Å². The number of methoxy groups -OCH3 is 1. The first-order valence-corrected chi connectivity index (χ1v) is 10.5.